The summed E-state index contributed by atoms with van der Waals surface area (Å²) < 4.78 is 0. The molecule has 3 rings (SSSR count). The van der Waals surface area contributed by atoms with Gasteiger partial charge in [-0.2, -0.15) is 5.10 Å². The summed E-state index contributed by atoms with van der Waals surface area (Å²) in [6.45, 7) is 9.39. The first-order valence-electron chi connectivity index (χ1n) is 8.62. The summed E-state index contributed by atoms with van der Waals surface area (Å²) in [5.74, 6) is 0.861. The van der Waals surface area contributed by atoms with Crippen molar-refractivity contribution in [3.8, 4) is 0 Å². The Morgan fingerprint density at radius 2 is 1.72 bits per heavy atom. The van der Waals surface area contributed by atoms with Crippen LogP contribution in [0.25, 0.3) is 0 Å². The molecule has 0 aliphatic carbocycles. The van der Waals surface area contributed by atoms with Gasteiger partial charge in [-0.3, -0.25) is 0 Å². The van der Waals surface area contributed by atoms with Gasteiger partial charge in [-0.25, -0.2) is 4.79 Å². The van der Waals surface area contributed by atoms with E-state index in [4.69, 9.17) is 0 Å². The lowest BCUT2D eigenvalue weighted by Gasteiger charge is -2.35. The first-order valence-corrected chi connectivity index (χ1v) is 8.62. The topological polar surface area (TPSA) is 61.4 Å². The number of carbonyl (C=O) groups excluding carboxylic acids is 1. The molecule has 132 valence electrons. The van der Waals surface area contributed by atoms with E-state index in [0.29, 0.717) is 13.1 Å². The van der Waals surface area contributed by atoms with Crippen LogP contribution >= 0.6 is 0 Å². The van der Waals surface area contributed by atoms with Crippen LogP contribution in [0.3, 0.4) is 0 Å². The van der Waals surface area contributed by atoms with Crippen molar-refractivity contribution in [3.05, 3.63) is 48.2 Å². The third-order valence-corrected chi connectivity index (χ3v) is 4.45. The van der Waals surface area contributed by atoms with Gasteiger partial charge in [0, 0.05) is 38.1 Å². The maximum Gasteiger partial charge on any atom is 0.321 e. The molecule has 1 aromatic heterocycles. The van der Waals surface area contributed by atoms with E-state index in [1.165, 1.54) is 5.56 Å². The van der Waals surface area contributed by atoms with E-state index >= 15 is 0 Å². The van der Waals surface area contributed by atoms with Gasteiger partial charge >= 0.3 is 6.03 Å². The van der Waals surface area contributed by atoms with Crippen LogP contribution in [0.1, 0.15) is 26.3 Å². The van der Waals surface area contributed by atoms with E-state index in [1.54, 1.807) is 6.20 Å². The van der Waals surface area contributed by atoms with Crippen molar-refractivity contribution in [2.45, 2.75) is 26.2 Å². The first kappa shape index (κ1) is 17.2. The summed E-state index contributed by atoms with van der Waals surface area (Å²) in [6.07, 6.45) is 1.66. The van der Waals surface area contributed by atoms with Crippen molar-refractivity contribution in [1.29, 1.82) is 0 Å². The molecule has 0 saturated carbocycles. The normalized spacial score (nSPS) is 15.2. The van der Waals surface area contributed by atoms with E-state index < -0.39 is 0 Å². The van der Waals surface area contributed by atoms with Gasteiger partial charge in [0.1, 0.15) is 0 Å². The number of nitrogens with one attached hydrogen (secondary N) is 1. The fourth-order valence-electron chi connectivity index (χ4n) is 2.86. The molecule has 1 N–H and O–H groups in total. The molecule has 0 spiro atoms. The van der Waals surface area contributed by atoms with E-state index in [0.717, 1.165) is 24.6 Å². The second-order valence-electron chi connectivity index (χ2n) is 7.31. The molecule has 25 heavy (non-hydrogen) atoms. The lowest BCUT2D eigenvalue weighted by Crippen LogP contribution is -2.50. The van der Waals surface area contributed by atoms with Crippen molar-refractivity contribution >= 4 is 17.5 Å². The minimum absolute atomic E-state index is 0.0534. The number of aromatic nitrogens is 2. The Morgan fingerprint density at radius 3 is 2.28 bits per heavy atom. The summed E-state index contributed by atoms with van der Waals surface area (Å²) in [5.41, 5.74) is 2.19. The number of hydrogen-bond acceptors (Lipinski definition) is 4. The Balaban J connectivity index is 1.54. The van der Waals surface area contributed by atoms with Crippen molar-refractivity contribution < 1.29 is 4.79 Å². The number of anilines is 2. The van der Waals surface area contributed by atoms with E-state index in [2.05, 4.69) is 53.3 Å². The van der Waals surface area contributed by atoms with Crippen LogP contribution < -0.4 is 10.2 Å². The highest BCUT2D eigenvalue weighted by Gasteiger charge is 2.22. The Morgan fingerprint density at radius 1 is 1.04 bits per heavy atom. The Bertz CT molecular complexity index is 701. The van der Waals surface area contributed by atoms with Gasteiger partial charge in [-0.1, -0.05) is 32.9 Å². The fraction of sp³-hybridized carbons (Fsp3) is 0.421. The Labute approximate surface area is 148 Å². The molecule has 1 saturated heterocycles. The van der Waals surface area contributed by atoms with Crippen LogP contribution in [0.5, 0.6) is 0 Å². The maximum absolute atomic E-state index is 12.5. The minimum atomic E-state index is -0.0534. The summed E-state index contributed by atoms with van der Waals surface area (Å²) >= 11 is 0. The number of nitrogens with zero attached hydrogens (tertiary/aromatic N) is 4. The maximum atomic E-state index is 12.5. The molecule has 2 aromatic rings. The highest BCUT2D eigenvalue weighted by Crippen LogP contribution is 2.23. The van der Waals surface area contributed by atoms with Crippen molar-refractivity contribution in [2.75, 3.05) is 36.4 Å². The lowest BCUT2D eigenvalue weighted by molar-refractivity contribution is 0.208. The molecule has 2 amide bonds. The molecule has 0 radical (unpaired) electrons. The van der Waals surface area contributed by atoms with Crippen LogP contribution in [-0.2, 0) is 5.41 Å². The predicted octanol–water partition coefficient (Wildman–Crippen LogP) is 3.13. The number of hydrogen-bond donors (Lipinski definition) is 1. The average Bonchev–Trinajstić information content (AvgIpc) is 2.62. The van der Waals surface area contributed by atoms with Gasteiger partial charge in [-0.05, 0) is 35.2 Å². The van der Waals surface area contributed by atoms with Crippen LogP contribution in [0.4, 0.5) is 16.3 Å². The lowest BCUT2D eigenvalue weighted by atomic mass is 9.87. The third kappa shape index (κ3) is 4.26. The Kier molecular flexibility index (Phi) is 4.88. The Hall–Kier alpha value is -2.63. The molecule has 1 aromatic carbocycles. The zero-order chi connectivity index (χ0) is 17.9. The van der Waals surface area contributed by atoms with Gasteiger partial charge < -0.3 is 15.1 Å². The van der Waals surface area contributed by atoms with E-state index in [1.807, 2.05) is 29.2 Å². The molecule has 6 heteroatoms. The highest BCUT2D eigenvalue weighted by molar-refractivity contribution is 5.89. The molecule has 0 atom stereocenters. The van der Waals surface area contributed by atoms with Gasteiger partial charge in [0.2, 0.25) is 0 Å². The average molecular weight is 339 g/mol. The number of benzene rings is 1. The molecule has 1 aliphatic rings. The summed E-state index contributed by atoms with van der Waals surface area (Å²) in [5, 5.41) is 11.0. The molecule has 6 nitrogen and oxygen atoms in total. The highest BCUT2D eigenvalue weighted by atomic mass is 16.2. The second-order valence-corrected chi connectivity index (χ2v) is 7.31. The fourth-order valence-corrected chi connectivity index (χ4v) is 2.86. The number of piperazine rings is 1. The number of carbonyl (C=O) groups is 1. The SMILES string of the molecule is CC(C)(C)c1ccc(NC(=O)N2CCN(c3cccnn3)CC2)cc1. The number of urea groups is 1. The zero-order valence-electron chi connectivity index (χ0n) is 15.1. The van der Waals surface area contributed by atoms with E-state index in [-0.39, 0.29) is 11.4 Å². The quantitative estimate of drug-likeness (QED) is 0.913. The second kappa shape index (κ2) is 7.09. The van der Waals surface area contributed by atoms with E-state index in [9.17, 15) is 4.79 Å². The number of rotatable bonds is 2. The van der Waals surface area contributed by atoms with Gasteiger partial charge in [0.25, 0.3) is 0 Å². The summed E-state index contributed by atoms with van der Waals surface area (Å²) in [7, 11) is 0. The monoisotopic (exact) mass is 339 g/mol. The molecular formula is C19H25N5O. The largest absolute Gasteiger partial charge is 0.352 e. The predicted molar refractivity (Wildman–Crippen MR) is 100.0 cm³/mol. The summed E-state index contributed by atoms with van der Waals surface area (Å²) in [4.78, 5) is 16.4. The van der Waals surface area contributed by atoms with Crippen molar-refractivity contribution in [1.82, 2.24) is 15.1 Å². The van der Waals surface area contributed by atoms with Gasteiger partial charge in [-0.15, -0.1) is 5.10 Å². The summed E-state index contributed by atoms with van der Waals surface area (Å²) in [6, 6.07) is 11.8. The molecule has 1 fully saturated rings. The van der Waals surface area contributed by atoms with Crippen molar-refractivity contribution in [2.24, 2.45) is 0 Å². The first-order chi connectivity index (χ1) is 11.9. The molecule has 0 unspecified atom stereocenters. The van der Waals surface area contributed by atoms with Crippen molar-refractivity contribution in [3.63, 3.8) is 0 Å². The molecule has 1 aliphatic heterocycles. The number of amides is 2. The van der Waals surface area contributed by atoms with Gasteiger partial charge in [0.05, 0.1) is 0 Å². The zero-order valence-corrected chi connectivity index (χ0v) is 15.1. The van der Waals surface area contributed by atoms with Crippen LogP contribution in [0.15, 0.2) is 42.6 Å². The molecular weight excluding hydrogens is 314 g/mol. The van der Waals surface area contributed by atoms with Crippen LogP contribution in [0.2, 0.25) is 0 Å². The third-order valence-electron chi connectivity index (χ3n) is 4.45. The van der Waals surface area contributed by atoms with Gasteiger partial charge in [0.15, 0.2) is 5.82 Å². The van der Waals surface area contributed by atoms with Crippen LogP contribution in [0, 0.1) is 0 Å². The standard InChI is InChI=1S/C19H25N5O/c1-19(2,3)15-6-8-16(9-7-15)21-18(25)24-13-11-23(12-14-24)17-5-4-10-20-22-17/h4-10H,11-14H2,1-3H3,(H,21,25). The van der Waals surface area contributed by atoms with Crippen LogP contribution in [-0.4, -0.2) is 47.3 Å². The molecule has 2 heterocycles. The minimum Gasteiger partial charge on any atom is -0.352 e. The molecule has 0 bridgehead atoms. The smallest absolute Gasteiger partial charge is 0.321 e.